The number of carbonyl (C=O) groups is 1. The summed E-state index contributed by atoms with van der Waals surface area (Å²) in [5.41, 5.74) is 0.400. The van der Waals surface area contributed by atoms with Gasteiger partial charge in [-0.15, -0.1) is 11.3 Å². The highest BCUT2D eigenvalue weighted by atomic mass is 32.2. The predicted molar refractivity (Wildman–Crippen MR) is 68.0 cm³/mol. The lowest BCUT2D eigenvalue weighted by molar-refractivity contribution is -0.124. The Morgan fingerprint density at radius 3 is 2.56 bits per heavy atom. The standard InChI is InChI=1S/C10H16N2O4S2/c1-6(5-16-4)9(13)12-18(14,15)10-7(2)11-8(3)17-10/h6H,5H2,1-4H3,(H,12,13)/t6-/m1/s1. The topological polar surface area (TPSA) is 85.4 Å². The van der Waals surface area contributed by atoms with Crippen LogP contribution in [0.25, 0.3) is 0 Å². The van der Waals surface area contributed by atoms with Crippen LogP contribution in [0.2, 0.25) is 0 Å². The summed E-state index contributed by atoms with van der Waals surface area (Å²) in [5.74, 6) is -1.11. The van der Waals surface area contributed by atoms with E-state index in [-0.39, 0.29) is 10.8 Å². The molecule has 18 heavy (non-hydrogen) atoms. The average Bonchev–Trinajstić information content (AvgIpc) is 2.58. The summed E-state index contributed by atoms with van der Waals surface area (Å²) >= 11 is 1.04. The van der Waals surface area contributed by atoms with Crippen molar-refractivity contribution in [1.29, 1.82) is 0 Å². The third-order valence-corrected chi connectivity index (χ3v) is 5.23. The van der Waals surface area contributed by atoms with Crippen LogP contribution in [0, 0.1) is 19.8 Å². The molecule has 0 aliphatic carbocycles. The molecule has 0 saturated carbocycles. The Morgan fingerprint density at radius 1 is 1.50 bits per heavy atom. The molecule has 0 radical (unpaired) electrons. The van der Waals surface area contributed by atoms with Crippen LogP contribution < -0.4 is 4.72 Å². The summed E-state index contributed by atoms with van der Waals surface area (Å²) in [6, 6.07) is 0. The van der Waals surface area contributed by atoms with Gasteiger partial charge in [0.1, 0.15) is 0 Å². The fourth-order valence-corrected chi connectivity index (χ4v) is 3.93. The number of amides is 1. The number of rotatable bonds is 5. The van der Waals surface area contributed by atoms with Crippen LogP contribution in [0.1, 0.15) is 17.6 Å². The molecule has 1 amide bonds. The van der Waals surface area contributed by atoms with Gasteiger partial charge in [0, 0.05) is 7.11 Å². The van der Waals surface area contributed by atoms with Crippen molar-refractivity contribution in [3.63, 3.8) is 0 Å². The Hall–Kier alpha value is -0.990. The van der Waals surface area contributed by atoms with Gasteiger partial charge in [0.2, 0.25) is 5.91 Å². The van der Waals surface area contributed by atoms with E-state index < -0.39 is 21.8 Å². The SMILES string of the molecule is COC[C@@H](C)C(=O)NS(=O)(=O)c1sc(C)nc1C. The van der Waals surface area contributed by atoms with Crippen molar-refractivity contribution < 1.29 is 17.9 Å². The number of sulfonamides is 1. The van der Waals surface area contributed by atoms with E-state index in [9.17, 15) is 13.2 Å². The van der Waals surface area contributed by atoms with Crippen molar-refractivity contribution in [2.75, 3.05) is 13.7 Å². The maximum atomic E-state index is 12.0. The number of aromatic nitrogens is 1. The minimum atomic E-state index is -3.83. The van der Waals surface area contributed by atoms with Crippen LogP contribution in [0.4, 0.5) is 0 Å². The van der Waals surface area contributed by atoms with Gasteiger partial charge in [-0.05, 0) is 13.8 Å². The molecule has 0 unspecified atom stereocenters. The van der Waals surface area contributed by atoms with E-state index in [0.717, 1.165) is 11.3 Å². The summed E-state index contributed by atoms with van der Waals surface area (Å²) in [7, 11) is -2.38. The summed E-state index contributed by atoms with van der Waals surface area (Å²) < 4.78 is 30.9. The largest absolute Gasteiger partial charge is 0.384 e. The van der Waals surface area contributed by atoms with Crippen LogP contribution in [0.3, 0.4) is 0 Å². The number of hydrogen-bond donors (Lipinski definition) is 1. The zero-order chi connectivity index (χ0) is 13.9. The van der Waals surface area contributed by atoms with Crippen LogP contribution in [0.5, 0.6) is 0 Å². The quantitative estimate of drug-likeness (QED) is 0.869. The molecule has 1 aromatic heterocycles. The highest BCUT2D eigenvalue weighted by Crippen LogP contribution is 2.22. The minimum Gasteiger partial charge on any atom is -0.384 e. The second kappa shape index (κ2) is 5.77. The average molecular weight is 292 g/mol. The van der Waals surface area contributed by atoms with Crippen molar-refractivity contribution in [3.05, 3.63) is 10.7 Å². The first-order chi connectivity index (χ1) is 8.27. The van der Waals surface area contributed by atoms with E-state index in [1.807, 2.05) is 4.72 Å². The third kappa shape index (κ3) is 3.50. The first-order valence-electron chi connectivity index (χ1n) is 5.27. The van der Waals surface area contributed by atoms with Crippen molar-refractivity contribution in [1.82, 2.24) is 9.71 Å². The second-order valence-corrected chi connectivity index (χ2v) is 7.01. The van der Waals surface area contributed by atoms with Crippen LogP contribution in [-0.4, -0.2) is 33.0 Å². The van der Waals surface area contributed by atoms with Crippen LogP contribution in [0.15, 0.2) is 4.21 Å². The lowest BCUT2D eigenvalue weighted by Crippen LogP contribution is -2.36. The van der Waals surface area contributed by atoms with Gasteiger partial charge in [-0.2, -0.15) is 0 Å². The van der Waals surface area contributed by atoms with Crippen LogP contribution >= 0.6 is 11.3 Å². The molecule has 6 nitrogen and oxygen atoms in total. The molecule has 0 spiro atoms. The summed E-state index contributed by atoms with van der Waals surface area (Å²) in [4.78, 5) is 15.7. The van der Waals surface area contributed by atoms with Crippen molar-refractivity contribution in [3.8, 4) is 0 Å². The highest BCUT2D eigenvalue weighted by Gasteiger charge is 2.25. The van der Waals surface area contributed by atoms with Gasteiger partial charge in [0.15, 0.2) is 4.21 Å². The Labute approximate surface area is 110 Å². The molecule has 8 heteroatoms. The molecular formula is C10H16N2O4S2. The normalized spacial score (nSPS) is 13.3. The molecule has 0 aromatic carbocycles. The van der Waals surface area contributed by atoms with Gasteiger partial charge in [-0.25, -0.2) is 18.1 Å². The first-order valence-corrected chi connectivity index (χ1v) is 7.57. The summed E-state index contributed by atoms with van der Waals surface area (Å²) in [6.45, 7) is 5.08. The number of hydrogen-bond acceptors (Lipinski definition) is 6. The first kappa shape index (κ1) is 15.1. The Kier molecular flexibility index (Phi) is 4.83. The minimum absolute atomic E-state index is 0.0815. The van der Waals surface area contributed by atoms with E-state index in [1.165, 1.54) is 7.11 Å². The van der Waals surface area contributed by atoms with Crippen LogP contribution in [-0.2, 0) is 19.6 Å². The maximum absolute atomic E-state index is 12.0. The highest BCUT2D eigenvalue weighted by molar-refractivity contribution is 7.92. The Bertz CT molecular complexity index is 536. The number of methoxy groups -OCH3 is 1. The number of thiazole rings is 1. The number of carbonyl (C=O) groups excluding carboxylic acids is 1. The van der Waals surface area contributed by atoms with Gasteiger partial charge in [0.05, 0.1) is 23.2 Å². The lowest BCUT2D eigenvalue weighted by atomic mass is 10.2. The molecule has 1 aromatic rings. The molecule has 1 heterocycles. The van der Waals surface area contributed by atoms with Gasteiger partial charge < -0.3 is 4.74 Å². The monoisotopic (exact) mass is 292 g/mol. The fraction of sp³-hybridized carbons (Fsp3) is 0.600. The number of ether oxygens (including phenoxy) is 1. The zero-order valence-corrected chi connectivity index (χ0v) is 12.3. The molecule has 102 valence electrons. The molecule has 1 N–H and O–H groups in total. The fourth-order valence-electron chi connectivity index (χ4n) is 1.37. The third-order valence-electron chi connectivity index (χ3n) is 2.20. The molecule has 0 fully saturated rings. The molecule has 0 aliphatic rings. The Morgan fingerprint density at radius 2 is 2.11 bits per heavy atom. The van der Waals surface area contributed by atoms with Gasteiger partial charge >= 0.3 is 0 Å². The van der Waals surface area contributed by atoms with E-state index in [1.54, 1.807) is 20.8 Å². The van der Waals surface area contributed by atoms with E-state index >= 15 is 0 Å². The van der Waals surface area contributed by atoms with E-state index in [0.29, 0.717) is 10.7 Å². The number of nitrogens with zero attached hydrogens (tertiary/aromatic N) is 1. The molecule has 0 saturated heterocycles. The van der Waals surface area contributed by atoms with Gasteiger partial charge in [-0.1, -0.05) is 6.92 Å². The van der Waals surface area contributed by atoms with Crippen molar-refractivity contribution >= 4 is 27.3 Å². The van der Waals surface area contributed by atoms with Gasteiger partial charge in [-0.3, -0.25) is 4.79 Å². The summed E-state index contributed by atoms with van der Waals surface area (Å²) in [5, 5.41) is 0.644. The number of nitrogens with one attached hydrogen (secondary N) is 1. The van der Waals surface area contributed by atoms with Crippen molar-refractivity contribution in [2.45, 2.75) is 25.0 Å². The lowest BCUT2D eigenvalue weighted by Gasteiger charge is -2.10. The Balaban J connectivity index is 2.89. The maximum Gasteiger partial charge on any atom is 0.275 e. The van der Waals surface area contributed by atoms with E-state index in [2.05, 4.69) is 4.98 Å². The predicted octanol–water partition coefficient (Wildman–Crippen LogP) is 0.847. The molecule has 1 rings (SSSR count). The zero-order valence-electron chi connectivity index (χ0n) is 10.7. The van der Waals surface area contributed by atoms with Gasteiger partial charge in [0.25, 0.3) is 10.0 Å². The number of aryl methyl sites for hydroxylation is 2. The summed E-state index contributed by atoms with van der Waals surface area (Å²) in [6.07, 6.45) is 0. The molecule has 0 bridgehead atoms. The van der Waals surface area contributed by atoms with E-state index in [4.69, 9.17) is 4.74 Å². The second-order valence-electron chi connectivity index (χ2n) is 3.93. The molecular weight excluding hydrogens is 276 g/mol. The van der Waals surface area contributed by atoms with Crippen molar-refractivity contribution in [2.24, 2.45) is 5.92 Å². The molecule has 1 atom stereocenters. The smallest absolute Gasteiger partial charge is 0.275 e. The molecule has 0 aliphatic heterocycles.